The van der Waals surface area contributed by atoms with Crippen molar-refractivity contribution in [1.82, 2.24) is 10.3 Å². The average molecular weight is 302 g/mol. The molecule has 1 saturated heterocycles. The second kappa shape index (κ2) is 6.50. The Labute approximate surface area is 130 Å². The zero-order valence-corrected chi connectivity index (χ0v) is 13.1. The van der Waals surface area contributed by atoms with E-state index in [4.69, 9.17) is 9.47 Å². The average Bonchev–Trinajstić information content (AvgIpc) is 2.94. The molecule has 1 fully saturated rings. The normalized spacial score (nSPS) is 18.5. The van der Waals surface area contributed by atoms with Crippen molar-refractivity contribution in [3.05, 3.63) is 35.0 Å². The van der Waals surface area contributed by atoms with Crippen molar-refractivity contribution >= 4 is 16.8 Å². The van der Waals surface area contributed by atoms with Gasteiger partial charge in [0, 0.05) is 11.2 Å². The van der Waals surface area contributed by atoms with Crippen molar-refractivity contribution in [2.24, 2.45) is 0 Å². The van der Waals surface area contributed by atoms with Gasteiger partial charge in [-0.3, -0.25) is 4.79 Å². The number of aromatic nitrogens is 1. The Hall–Kier alpha value is -1.85. The summed E-state index contributed by atoms with van der Waals surface area (Å²) in [5, 5.41) is 4.07. The molecule has 2 aromatic rings. The number of nitrogens with one attached hydrogen (secondary N) is 2. The Kier molecular flexibility index (Phi) is 4.45. The third-order valence-corrected chi connectivity index (χ3v) is 4.08. The van der Waals surface area contributed by atoms with E-state index in [2.05, 4.69) is 42.3 Å². The Morgan fingerprint density at radius 1 is 1.36 bits per heavy atom. The van der Waals surface area contributed by atoms with Gasteiger partial charge in [-0.25, -0.2) is 0 Å². The zero-order valence-electron chi connectivity index (χ0n) is 13.1. The quantitative estimate of drug-likeness (QED) is 0.909. The smallest absolute Gasteiger partial charge is 0.251 e. The number of carbonyl (C=O) groups is 1. The summed E-state index contributed by atoms with van der Waals surface area (Å²) in [6, 6.07) is 6.46. The molecule has 0 radical (unpaired) electrons. The highest BCUT2D eigenvalue weighted by Crippen LogP contribution is 2.21. The van der Waals surface area contributed by atoms with Crippen LogP contribution in [0.1, 0.15) is 23.7 Å². The second-order valence-corrected chi connectivity index (χ2v) is 5.67. The number of carbonyl (C=O) groups excluding carboxylic acids is 1. The van der Waals surface area contributed by atoms with Crippen molar-refractivity contribution in [1.29, 1.82) is 0 Å². The number of amides is 1. The van der Waals surface area contributed by atoms with Crippen LogP contribution in [-0.2, 0) is 27.2 Å². The summed E-state index contributed by atoms with van der Waals surface area (Å²) in [4.78, 5) is 15.4. The summed E-state index contributed by atoms with van der Waals surface area (Å²) in [6.45, 7) is 6.12. The van der Waals surface area contributed by atoms with Crippen LogP contribution in [0.25, 0.3) is 10.9 Å². The van der Waals surface area contributed by atoms with Gasteiger partial charge in [0.25, 0.3) is 5.91 Å². The second-order valence-electron chi connectivity index (χ2n) is 5.67. The molecule has 1 aliphatic rings. The van der Waals surface area contributed by atoms with E-state index in [9.17, 15) is 4.79 Å². The minimum Gasteiger partial charge on any atom is -0.376 e. The maximum absolute atomic E-state index is 12.0. The topological polar surface area (TPSA) is 63.4 Å². The fourth-order valence-corrected chi connectivity index (χ4v) is 2.81. The molecule has 2 N–H and O–H groups in total. The standard InChI is InChI=1S/C17H22N2O3/c1-3-12-8-15-13(6-11(12)2)7-14(19-15)9-18-17(20)16-10-21-4-5-22-16/h6-8,16,19H,3-5,9-10H2,1-2H3,(H,18,20). The number of hydrogen-bond acceptors (Lipinski definition) is 3. The van der Waals surface area contributed by atoms with Crippen LogP contribution >= 0.6 is 0 Å². The minimum absolute atomic E-state index is 0.121. The van der Waals surface area contributed by atoms with Gasteiger partial charge in [0.15, 0.2) is 6.10 Å². The van der Waals surface area contributed by atoms with E-state index in [0.29, 0.717) is 26.4 Å². The Morgan fingerprint density at radius 3 is 2.95 bits per heavy atom. The lowest BCUT2D eigenvalue weighted by molar-refractivity contribution is -0.147. The molecule has 0 saturated carbocycles. The molecule has 0 aliphatic carbocycles. The molecule has 1 unspecified atom stereocenters. The molecule has 22 heavy (non-hydrogen) atoms. The van der Waals surface area contributed by atoms with Crippen LogP contribution in [0.4, 0.5) is 0 Å². The fraction of sp³-hybridized carbons (Fsp3) is 0.471. The molecular formula is C17H22N2O3. The maximum atomic E-state index is 12.0. The number of ether oxygens (including phenoxy) is 2. The van der Waals surface area contributed by atoms with Crippen LogP contribution in [-0.4, -0.2) is 36.8 Å². The monoisotopic (exact) mass is 302 g/mol. The van der Waals surface area contributed by atoms with Gasteiger partial charge in [-0.1, -0.05) is 6.92 Å². The fourth-order valence-electron chi connectivity index (χ4n) is 2.81. The molecule has 1 atom stereocenters. The highest BCUT2D eigenvalue weighted by molar-refractivity contribution is 5.83. The number of fused-ring (bicyclic) bond motifs is 1. The number of benzene rings is 1. The summed E-state index contributed by atoms with van der Waals surface area (Å²) in [7, 11) is 0. The molecule has 5 nitrogen and oxygen atoms in total. The van der Waals surface area contributed by atoms with Crippen molar-refractivity contribution in [2.45, 2.75) is 32.9 Å². The van der Waals surface area contributed by atoms with Crippen molar-refractivity contribution < 1.29 is 14.3 Å². The van der Waals surface area contributed by atoms with E-state index in [1.165, 1.54) is 16.5 Å². The van der Waals surface area contributed by atoms with E-state index >= 15 is 0 Å². The zero-order chi connectivity index (χ0) is 15.5. The van der Waals surface area contributed by atoms with Crippen LogP contribution in [0.3, 0.4) is 0 Å². The lowest BCUT2D eigenvalue weighted by atomic mass is 10.0. The van der Waals surface area contributed by atoms with Gasteiger partial charge in [0.1, 0.15) is 0 Å². The predicted octanol–water partition coefficient (Wildman–Crippen LogP) is 2.07. The van der Waals surface area contributed by atoms with E-state index in [-0.39, 0.29) is 5.91 Å². The molecule has 1 amide bonds. The Balaban J connectivity index is 1.67. The van der Waals surface area contributed by atoms with Crippen LogP contribution in [0.5, 0.6) is 0 Å². The first-order chi connectivity index (χ1) is 10.7. The number of aryl methyl sites for hydroxylation is 2. The third kappa shape index (κ3) is 3.15. The SMILES string of the molecule is CCc1cc2[nH]c(CNC(=O)C3COCCO3)cc2cc1C. The molecule has 5 heteroatoms. The highest BCUT2D eigenvalue weighted by atomic mass is 16.6. The summed E-state index contributed by atoms with van der Waals surface area (Å²) in [6.07, 6.45) is 0.526. The summed E-state index contributed by atoms with van der Waals surface area (Å²) in [5.74, 6) is -0.121. The van der Waals surface area contributed by atoms with Crippen molar-refractivity contribution in [3.63, 3.8) is 0 Å². The predicted molar refractivity (Wildman–Crippen MR) is 84.8 cm³/mol. The lowest BCUT2D eigenvalue weighted by Crippen LogP contribution is -2.42. The number of rotatable bonds is 4. The molecule has 1 aromatic carbocycles. The van der Waals surface area contributed by atoms with Crippen molar-refractivity contribution in [2.75, 3.05) is 19.8 Å². The molecule has 3 rings (SSSR count). The first-order valence-electron chi connectivity index (χ1n) is 7.75. The van der Waals surface area contributed by atoms with Gasteiger partial charge in [0.2, 0.25) is 0 Å². The van der Waals surface area contributed by atoms with E-state index in [1.54, 1.807) is 0 Å². The van der Waals surface area contributed by atoms with Crippen LogP contribution in [0.2, 0.25) is 0 Å². The van der Waals surface area contributed by atoms with Gasteiger partial charge in [-0.05, 0) is 48.1 Å². The number of H-pyrrole nitrogens is 1. The van der Waals surface area contributed by atoms with Gasteiger partial charge < -0.3 is 19.8 Å². The highest BCUT2D eigenvalue weighted by Gasteiger charge is 2.22. The van der Waals surface area contributed by atoms with E-state index in [1.807, 2.05) is 0 Å². The lowest BCUT2D eigenvalue weighted by Gasteiger charge is -2.21. The molecule has 1 aromatic heterocycles. The van der Waals surface area contributed by atoms with E-state index in [0.717, 1.165) is 17.6 Å². The summed E-state index contributed by atoms with van der Waals surface area (Å²) in [5.41, 5.74) is 4.76. The van der Waals surface area contributed by atoms with Crippen LogP contribution in [0, 0.1) is 6.92 Å². The van der Waals surface area contributed by atoms with Gasteiger partial charge >= 0.3 is 0 Å². The molecule has 0 bridgehead atoms. The molecule has 0 spiro atoms. The molecule has 1 aliphatic heterocycles. The van der Waals surface area contributed by atoms with E-state index < -0.39 is 6.10 Å². The minimum atomic E-state index is -0.493. The largest absolute Gasteiger partial charge is 0.376 e. The Morgan fingerprint density at radius 2 is 2.23 bits per heavy atom. The first kappa shape index (κ1) is 15.1. The maximum Gasteiger partial charge on any atom is 0.251 e. The van der Waals surface area contributed by atoms with Crippen LogP contribution < -0.4 is 5.32 Å². The summed E-state index contributed by atoms with van der Waals surface area (Å²) >= 11 is 0. The molecular weight excluding hydrogens is 280 g/mol. The van der Waals surface area contributed by atoms with Gasteiger partial charge in [-0.15, -0.1) is 0 Å². The summed E-state index contributed by atoms with van der Waals surface area (Å²) < 4.78 is 10.6. The van der Waals surface area contributed by atoms with Gasteiger partial charge in [0.05, 0.1) is 26.4 Å². The first-order valence-corrected chi connectivity index (χ1v) is 7.75. The third-order valence-electron chi connectivity index (χ3n) is 4.08. The van der Waals surface area contributed by atoms with Gasteiger partial charge in [-0.2, -0.15) is 0 Å². The van der Waals surface area contributed by atoms with Crippen LogP contribution in [0.15, 0.2) is 18.2 Å². The van der Waals surface area contributed by atoms with Crippen molar-refractivity contribution in [3.8, 4) is 0 Å². The number of aromatic amines is 1. The number of hydrogen-bond donors (Lipinski definition) is 2. The Bertz CT molecular complexity index is 672. The molecule has 2 heterocycles. The molecule has 118 valence electrons.